The Hall–Kier alpha value is -2.07. The molecule has 0 saturated carbocycles. The molecule has 104 valence electrons. The van der Waals surface area contributed by atoms with Crippen LogP contribution in [-0.2, 0) is 13.0 Å². The summed E-state index contributed by atoms with van der Waals surface area (Å²) in [5.74, 6) is 1.65. The maximum Gasteiger partial charge on any atom is 0.137 e. The van der Waals surface area contributed by atoms with Crippen molar-refractivity contribution in [3.05, 3.63) is 53.3 Å². The topological polar surface area (TPSA) is 51.6 Å². The molecule has 0 fully saturated rings. The third kappa shape index (κ3) is 2.75. The molecule has 1 N–H and O–H groups in total. The third-order valence-electron chi connectivity index (χ3n) is 3.35. The van der Waals surface area contributed by atoms with Crippen LogP contribution in [0.25, 0.3) is 0 Å². The van der Waals surface area contributed by atoms with Crippen LogP contribution in [0.5, 0.6) is 11.5 Å². The highest BCUT2D eigenvalue weighted by molar-refractivity contribution is 5.40. The largest absolute Gasteiger partial charge is 0.488 e. The van der Waals surface area contributed by atoms with E-state index in [0.717, 1.165) is 12.2 Å². The number of pyridine rings is 1. The van der Waals surface area contributed by atoms with Gasteiger partial charge in [-0.15, -0.1) is 0 Å². The van der Waals surface area contributed by atoms with Gasteiger partial charge in [-0.2, -0.15) is 0 Å². The predicted octanol–water partition coefficient (Wildman–Crippen LogP) is 2.26. The Kier molecular flexibility index (Phi) is 3.56. The van der Waals surface area contributed by atoms with Crippen LogP contribution in [0.1, 0.15) is 16.8 Å². The van der Waals surface area contributed by atoms with E-state index in [9.17, 15) is 0 Å². The standard InChI is InChI=1S/C16H17NO3/c1-11-2-5-16-12(6-11)7-15(20-16)10-19-14-4-3-13(9-18)17-8-14/h2-6,8,15,18H,7,9-10H2,1H3. The molecular formula is C16H17NO3. The maximum absolute atomic E-state index is 8.93. The number of hydrogen-bond donors (Lipinski definition) is 1. The van der Waals surface area contributed by atoms with Gasteiger partial charge in [0.2, 0.25) is 0 Å². The summed E-state index contributed by atoms with van der Waals surface area (Å²) < 4.78 is 11.5. The minimum Gasteiger partial charge on any atom is -0.488 e. The third-order valence-corrected chi connectivity index (χ3v) is 3.35. The molecule has 0 saturated heterocycles. The first-order valence-corrected chi connectivity index (χ1v) is 6.69. The van der Waals surface area contributed by atoms with Crippen LogP contribution < -0.4 is 9.47 Å². The highest BCUT2D eigenvalue weighted by Crippen LogP contribution is 2.29. The van der Waals surface area contributed by atoms with E-state index in [1.54, 1.807) is 12.3 Å². The Morgan fingerprint density at radius 1 is 1.35 bits per heavy atom. The summed E-state index contributed by atoms with van der Waals surface area (Å²) >= 11 is 0. The van der Waals surface area contributed by atoms with Crippen LogP contribution in [0.4, 0.5) is 0 Å². The highest BCUT2D eigenvalue weighted by atomic mass is 16.5. The highest BCUT2D eigenvalue weighted by Gasteiger charge is 2.23. The van der Waals surface area contributed by atoms with Crippen molar-refractivity contribution in [2.45, 2.75) is 26.1 Å². The lowest BCUT2D eigenvalue weighted by molar-refractivity contribution is 0.148. The minimum atomic E-state index is -0.0549. The van der Waals surface area contributed by atoms with Gasteiger partial charge in [0.25, 0.3) is 0 Å². The number of rotatable bonds is 4. The molecular weight excluding hydrogens is 254 g/mol. The quantitative estimate of drug-likeness (QED) is 0.926. The summed E-state index contributed by atoms with van der Waals surface area (Å²) in [6.45, 7) is 2.52. The molecule has 0 spiro atoms. The molecule has 3 rings (SSSR count). The molecule has 2 heterocycles. The second-order valence-corrected chi connectivity index (χ2v) is 5.01. The lowest BCUT2D eigenvalue weighted by Gasteiger charge is -2.12. The first-order chi connectivity index (χ1) is 9.74. The normalized spacial score (nSPS) is 16.6. The van der Waals surface area contributed by atoms with Gasteiger partial charge in [-0.05, 0) is 30.7 Å². The minimum absolute atomic E-state index is 0.0457. The molecule has 0 bridgehead atoms. The molecule has 20 heavy (non-hydrogen) atoms. The molecule has 4 nitrogen and oxygen atoms in total. The number of ether oxygens (including phenoxy) is 2. The zero-order valence-electron chi connectivity index (χ0n) is 11.4. The molecule has 1 atom stereocenters. The number of nitrogens with zero attached hydrogens (tertiary/aromatic N) is 1. The van der Waals surface area contributed by atoms with Crippen LogP contribution in [0.3, 0.4) is 0 Å². The lowest BCUT2D eigenvalue weighted by Crippen LogP contribution is -2.22. The maximum atomic E-state index is 8.93. The zero-order chi connectivity index (χ0) is 13.9. The summed E-state index contributed by atoms with van der Waals surface area (Å²) in [5, 5.41) is 8.93. The molecule has 4 heteroatoms. The van der Waals surface area contributed by atoms with E-state index in [1.807, 2.05) is 12.1 Å². The smallest absolute Gasteiger partial charge is 0.137 e. The first kappa shape index (κ1) is 12.9. The monoisotopic (exact) mass is 271 g/mol. The van der Waals surface area contributed by atoms with E-state index >= 15 is 0 Å². The summed E-state index contributed by atoms with van der Waals surface area (Å²) in [7, 11) is 0. The van der Waals surface area contributed by atoms with E-state index in [1.165, 1.54) is 11.1 Å². The Morgan fingerprint density at radius 2 is 2.25 bits per heavy atom. The zero-order valence-corrected chi connectivity index (χ0v) is 11.4. The van der Waals surface area contributed by atoms with Crippen molar-refractivity contribution < 1.29 is 14.6 Å². The van der Waals surface area contributed by atoms with Crippen molar-refractivity contribution >= 4 is 0 Å². The van der Waals surface area contributed by atoms with Crippen LogP contribution in [0, 0.1) is 6.92 Å². The predicted molar refractivity (Wildman–Crippen MR) is 75.0 cm³/mol. The average Bonchev–Trinajstić information content (AvgIpc) is 2.87. The molecule has 1 aromatic heterocycles. The van der Waals surface area contributed by atoms with Crippen molar-refractivity contribution in [3.8, 4) is 11.5 Å². The van der Waals surface area contributed by atoms with Gasteiger partial charge in [-0.3, -0.25) is 4.98 Å². The SMILES string of the molecule is Cc1ccc2c(c1)CC(COc1ccc(CO)nc1)O2. The molecule has 2 aromatic rings. The molecule has 1 aromatic carbocycles. The first-order valence-electron chi connectivity index (χ1n) is 6.69. The summed E-state index contributed by atoms with van der Waals surface area (Å²) in [6, 6.07) is 9.79. The van der Waals surface area contributed by atoms with E-state index in [4.69, 9.17) is 14.6 Å². The Morgan fingerprint density at radius 3 is 3.00 bits per heavy atom. The average molecular weight is 271 g/mol. The number of aryl methyl sites for hydroxylation is 1. The van der Waals surface area contributed by atoms with Gasteiger partial charge in [0, 0.05) is 6.42 Å². The molecule has 0 aliphatic carbocycles. The number of aromatic nitrogens is 1. The Bertz CT molecular complexity index is 595. The van der Waals surface area contributed by atoms with Crippen LogP contribution >= 0.6 is 0 Å². The van der Waals surface area contributed by atoms with Gasteiger partial charge in [-0.25, -0.2) is 0 Å². The van der Waals surface area contributed by atoms with E-state index in [2.05, 4.69) is 24.0 Å². The second-order valence-electron chi connectivity index (χ2n) is 5.01. The fourth-order valence-electron chi connectivity index (χ4n) is 2.32. The summed E-state index contributed by atoms with van der Waals surface area (Å²) in [6.07, 6.45) is 2.54. The summed E-state index contributed by atoms with van der Waals surface area (Å²) in [4.78, 5) is 4.08. The van der Waals surface area contributed by atoms with Crippen molar-refractivity contribution in [3.63, 3.8) is 0 Å². The van der Waals surface area contributed by atoms with E-state index in [0.29, 0.717) is 18.1 Å². The lowest BCUT2D eigenvalue weighted by atomic mass is 10.1. The van der Waals surface area contributed by atoms with E-state index < -0.39 is 0 Å². The van der Waals surface area contributed by atoms with E-state index in [-0.39, 0.29) is 12.7 Å². The number of fused-ring (bicyclic) bond motifs is 1. The second kappa shape index (κ2) is 5.51. The molecule has 1 aliphatic heterocycles. The number of aliphatic hydroxyl groups is 1. The number of aliphatic hydroxyl groups excluding tert-OH is 1. The molecule has 0 amide bonds. The van der Waals surface area contributed by atoms with Crippen molar-refractivity contribution in [2.75, 3.05) is 6.61 Å². The van der Waals surface area contributed by atoms with Gasteiger partial charge >= 0.3 is 0 Å². The van der Waals surface area contributed by atoms with Gasteiger partial charge in [0.1, 0.15) is 24.2 Å². The van der Waals surface area contributed by atoms with Crippen LogP contribution in [-0.4, -0.2) is 22.8 Å². The molecule has 0 radical (unpaired) electrons. The van der Waals surface area contributed by atoms with Crippen molar-refractivity contribution in [1.29, 1.82) is 0 Å². The Balaban J connectivity index is 1.58. The van der Waals surface area contributed by atoms with Crippen LogP contribution in [0.2, 0.25) is 0 Å². The van der Waals surface area contributed by atoms with Gasteiger partial charge in [0.05, 0.1) is 18.5 Å². The van der Waals surface area contributed by atoms with Crippen molar-refractivity contribution in [2.24, 2.45) is 0 Å². The fraction of sp³-hybridized carbons (Fsp3) is 0.312. The molecule has 1 unspecified atom stereocenters. The fourth-order valence-corrected chi connectivity index (χ4v) is 2.32. The van der Waals surface area contributed by atoms with Crippen LogP contribution in [0.15, 0.2) is 36.5 Å². The number of benzene rings is 1. The summed E-state index contributed by atoms with van der Waals surface area (Å²) in [5.41, 5.74) is 3.13. The van der Waals surface area contributed by atoms with Gasteiger partial charge in [0.15, 0.2) is 0 Å². The number of hydrogen-bond acceptors (Lipinski definition) is 4. The Labute approximate surface area is 118 Å². The van der Waals surface area contributed by atoms with Gasteiger partial charge in [-0.1, -0.05) is 17.7 Å². The van der Waals surface area contributed by atoms with Gasteiger partial charge < -0.3 is 14.6 Å². The molecule has 1 aliphatic rings. The van der Waals surface area contributed by atoms with Crippen molar-refractivity contribution in [1.82, 2.24) is 4.98 Å².